The maximum absolute atomic E-state index is 13.2. The minimum Gasteiger partial charge on any atom is -0.348 e. The molecule has 0 aliphatic carbocycles. The van der Waals surface area contributed by atoms with Crippen molar-refractivity contribution >= 4 is 40.1 Å². The Morgan fingerprint density at radius 2 is 2.35 bits per heavy atom. The first-order valence-electron chi connectivity index (χ1n) is 5.24. The van der Waals surface area contributed by atoms with Crippen molar-refractivity contribution in [2.75, 3.05) is 13.1 Å². The van der Waals surface area contributed by atoms with E-state index in [1.807, 2.05) is 22.6 Å². The summed E-state index contributed by atoms with van der Waals surface area (Å²) in [4.78, 5) is 11.9. The minimum atomic E-state index is -0.408. The zero-order valence-electron chi connectivity index (χ0n) is 8.90. The Bertz CT molecular complexity index is 449. The molecule has 0 saturated carbocycles. The number of hydrogen-bond acceptors (Lipinski definition) is 2. The fourth-order valence-electron chi connectivity index (χ4n) is 1.74. The molecule has 0 aromatic heterocycles. The molecule has 2 rings (SSSR count). The molecule has 1 atom stereocenters. The molecule has 0 radical (unpaired) electrons. The Balaban J connectivity index is 2.15. The second-order valence-electron chi connectivity index (χ2n) is 3.91. The van der Waals surface area contributed by atoms with E-state index in [-0.39, 0.29) is 17.0 Å². The van der Waals surface area contributed by atoms with Crippen molar-refractivity contribution in [3.8, 4) is 0 Å². The molecule has 6 heteroatoms. The van der Waals surface area contributed by atoms with Gasteiger partial charge in [-0.1, -0.05) is 11.6 Å². The van der Waals surface area contributed by atoms with Gasteiger partial charge in [-0.15, -0.1) is 0 Å². The third-order valence-electron chi connectivity index (χ3n) is 2.65. The Labute approximate surface area is 117 Å². The lowest BCUT2D eigenvalue weighted by atomic mass is 10.2. The highest BCUT2D eigenvalue weighted by Crippen LogP contribution is 2.22. The highest BCUT2D eigenvalue weighted by Gasteiger charge is 2.20. The summed E-state index contributed by atoms with van der Waals surface area (Å²) in [5, 5.41) is 6.17. The summed E-state index contributed by atoms with van der Waals surface area (Å²) in [6.45, 7) is 1.67. The van der Waals surface area contributed by atoms with Gasteiger partial charge in [-0.05, 0) is 47.7 Å². The summed E-state index contributed by atoms with van der Waals surface area (Å²) >= 11 is 7.70. The van der Waals surface area contributed by atoms with Crippen LogP contribution in [0.25, 0.3) is 0 Å². The van der Waals surface area contributed by atoms with E-state index in [1.165, 1.54) is 12.1 Å². The molecular weight excluding hydrogens is 357 g/mol. The summed E-state index contributed by atoms with van der Waals surface area (Å²) in [5.74, 6) is -0.656. The van der Waals surface area contributed by atoms with Gasteiger partial charge in [-0.3, -0.25) is 4.79 Å². The van der Waals surface area contributed by atoms with E-state index in [1.54, 1.807) is 0 Å². The molecule has 1 aliphatic heterocycles. The summed E-state index contributed by atoms with van der Waals surface area (Å²) in [5.41, 5.74) is 0.323. The maximum Gasteiger partial charge on any atom is 0.253 e. The molecule has 1 saturated heterocycles. The molecule has 1 amide bonds. The van der Waals surface area contributed by atoms with Crippen molar-refractivity contribution in [3.05, 3.63) is 32.1 Å². The lowest BCUT2D eigenvalue weighted by Gasteiger charge is -2.12. The summed E-state index contributed by atoms with van der Waals surface area (Å²) in [6, 6.07) is 2.77. The molecule has 92 valence electrons. The zero-order chi connectivity index (χ0) is 12.4. The van der Waals surface area contributed by atoms with Crippen LogP contribution in [0.2, 0.25) is 5.02 Å². The van der Waals surface area contributed by atoms with Gasteiger partial charge in [-0.25, -0.2) is 4.39 Å². The largest absolute Gasteiger partial charge is 0.348 e. The molecule has 1 aromatic rings. The van der Waals surface area contributed by atoms with Crippen LogP contribution < -0.4 is 10.6 Å². The summed E-state index contributed by atoms with van der Waals surface area (Å²) < 4.78 is 13.6. The summed E-state index contributed by atoms with van der Waals surface area (Å²) in [7, 11) is 0. The van der Waals surface area contributed by atoms with Gasteiger partial charge >= 0.3 is 0 Å². The van der Waals surface area contributed by atoms with Gasteiger partial charge < -0.3 is 10.6 Å². The first-order chi connectivity index (χ1) is 8.08. The monoisotopic (exact) mass is 368 g/mol. The second kappa shape index (κ2) is 5.49. The predicted molar refractivity (Wildman–Crippen MR) is 72.9 cm³/mol. The number of benzene rings is 1. The number of nitrogens with one attached hydrogen (secondary N) is 2. The van der Waals surface area contributed by atoms with E-state index in [4.69, 9.17) is 11.6 Å². The molecular formula is C11H11ClFIN2O. The van der Waals surface area contributed by atoms with Gasteiger partial charge in [0.05, 0.1) is 10.6 Å². The first-order valence-corrected chi connectivity index (χ1v) is 6.69. The van der Waals surface area contributed by atoms with E-state index in [9.17, 15) is 9.18 Å². The van der Waals surface area contributed by atoms with Crippen LogP contribution in [-0.2, 0) is 0 Å². The fraction of sp³-hybridized carbons (Fsp3) is 0.364. The van der Waals surface area contributed by atoms with E-state index in [2.05, 4.69) is 10.6 Å². The number of carbonyl (C=O) groups is 1. The van der Waals surface area contributed by atoms with E-state index in [0.29, 0.717) is 9.13 Å². The van der Waals surface area contributed by atoms with Gasteiger partial charge in [0.1, 0.15) is 5.82 Å². The Hall–Kier alpha value is -0.400. The Morgan fingerprint density at radius 1 is 1.59 bits per heavy atom. The van der Waals surface area contributed by atoms with Crippen LogP contribution >= 0.6 is 34.2 Å². The van der Waals surface area contributed by atoms with Gasteiger partial charge in [0, 0.05) is 16.2 Å². The molecule has 1 aromatic carbocycles. The number of rotatable bonds is 2. The molecule has 17 heavy (non-hydrogen) atoms. The standard InChI is InChI=1S/C11H11ClFIN2O/c12-8-4-9(13)10(14)3-7(8)11(17)16-6-1-2-15-5-6/h3-4,6,15H,1-2,5H2,(H,16,17)/t6-/m0/s1. The average Bonchev–Trinajstić information content (AvgIpc) is 2.76. The van der Waals surface area contributed by atoms with Gasteiger partial charge in [0.15, 0.2) is 0 Å². The van der Waals surface area contributed by atoms with Crippen molar-refractivity contribution in [1.82, 2.24) is 10.6 Å². The molecule has 3 nitrogen and oxygen atoms in total. The van der Waals surface area contributed by atoms with E-state index < -0.39 is 5.82 Å². The molecule has 0 bridgehead atoms. The molecule has 0 spiro atoms. The Morgan fingerprint density at radius 3 is 3.00 bits per heavy atom. The average molecular weight is 369 g/mol. The zero-order valence-corrected chi connectivity index (χ0v) is 11.8. The van der Waals surface area contributed by atoms with Crippen molar-refractivity contribution in [1.29, 1.82) is 0 Å². The molecule has 0 unspecified atom stereocenters. The van der Waals surface area contributed by atoms with Crippen LogP contribution in [0.4, 0.5) is 4.39 Å². The van der Waals surface area contributed by atoms with E-state index in [0.717, 1.165) is 19.5 Å². The topological polar surface area (TPSA) is 41.1 Å². The van der Waals surface area contributed by atoms with Crippen molar-refractivity contribution in [3.63, 3.8) is 0 Å². The van der Waals surface area contributed by atoms with Crippen LogP contribution in [0.1, 0.15) is 16.8 Å². The van der Waals surface area contributed by atoms with Gasteiger partial charge in [0.25, 0.3) is 5.91 Å². The quantitative estimate of drug-likeness (QED) is 0.621. The van der Waals surface area contributed by atoms with Crippen molar-refractivity contribution in [2.45, 2.75) is 12.5 Å². The number of halogens is 3. The third-order valence-corrected chi connectivity index (χ3v) is 3.79. The number of carbonyl (C=O) groups excluding carboxylic acids is 1. The van der Waals surface area contributed by atoms with Crippen molar-refractivity contribution in [2.24, 2.45) is 0 Å². The lowest BCUT2D eigenvalue weighted by molar-refractivity contribution is 0.0940. The number of hydrogen-bond donors (Lipinski definition) is 2. The van der Waals surface area contributed by atoms with E-state index >= 15 is 0 Å². The van der Waals surface area contributed by atoms with Gasteiger partial charge in [-0.2, -0.15) is 0 Å². The van der Waals surface area contributed by atoms with Crippen LogP contribution in [-0.4, -0.2) is 25.0 Å². The highest BCUT2D eigenvalue weighted by molar-refractivity contribution is 14.1. The van der Waals surface area contributed by atoms with Crippen LogP contribution in [0.3, 0.4) is 0 Å². The smallest absolute Gasteiger partial charge is 0.253 e. The first kappa shape index (κ1) is 13.0. The molecule has 1 aliphatic rings. The van der Waals surface area contributed by atoms with Gasteiger partial charge in [0.2, 0.25) is 0 Å². The molecule has 2 N–H and O–H groups in total. The summed E-state index contributed by atoms with van der Waals surface area (Å²) in [6.07, 6.45) is 0.904. The fourth-order valence-corrected chi connectivity index (χ4v) is 2.44. The molecule has 1 heterocycles. The Kier molecular flexibility index (Phi) is 4.22. The predicted octanol–water partition coefficient (Wildman–Crippen LogP) is 2.18. The second-order valence-corrected chi connectivity index (χ2v) is 5.48. The van der Waals surface area contributed by atoms with Crippen LogP contribution in [0, 0.1) is 9.39 Å². The number of amides is 1. The highest BCUT2D eigenvalue weighted by atomic mass is 127. The van der Waals surface area contributed by atoms with Crippen molar-refractivity contribution < 1.29 is 9.18 Å². The SMILES string of the molecule is O=C(N[C@H]1CCNC1)c1cc(I)c(F)cc1Cl. The minimum absolute atomic E-state index is 0.126. The third kappa shape index (κ3) is 3.08. The van der Waals surface area contributed by atoms with Crippen LogP contribution in [0.5, 0.6) is 0 Å². The van der Waals surface area contributed by atoms with Crippen LogP contribution in [0.15, 0.2) is 12.1 Å². The lowest BCUT2D eigenvalue weighted by Crippen LogP contribution is -2.36. The molecule has 1 fully saturated rings. The normalized spacial score (nSPS) is 19.4. The maximum atomic E-state index is 13.2.